The van der Waals surface area contributed by atoms with Gasteiger partial charge in [-0.3, -0.25) is 4.99 Å². The van der Waals surface area contributed by atoms with Gasteiger partial charge in [-0.1, -0.05) is 12.1 Å². The van der Waals surface area contributed by atoms with Crippen molar-refractivity contribution in [2.45, 2.75) is 25.6 Å². The first-order valence-electron chi connectivity index (χ1n) is 9.57. The molecule has 1 aliphatic heterocycles. The van der Waals surface area contributed by atoms with Gasteiger partial charge in [-0.2, -0.15) is 0 Å². The van der Waals surface area contributed by atoms with Gasteiger partial charge < -0.3 is 24.6 Å². The van der Waals surface area contributed by atoms with Gasteiger partial charge >= 0.3 is 0 Å². The van der Waals surface area contributed by atoms with E-state index in [4.69, 9.17) is 9.47 Å². The minimum atomic E-state index is -0.229. The Morgan fingerprint density at radius 2 is 2.04 bits per heavy atom. The molecule has 0 amide bonds. The van der Waals surface area contributed by atoms with Gasteiger partial charge in [-0.25, -0.2) is 4.39 Å². The van der Waals surface area contributed by atoms with Crippen LogP contribution >= 0.6 is 24.0 Å². The minimum absolute atomic E-state index is 0. The second-order valence-electron chi connectivity index (χ2n) is 7.02. The fourth-order valence-electron chi connectivity index (χ4n) is 3.23. The fourth-order valence-corrected chi connectivity index (χ4v) is 3.23. The lowest BCUT2D eigenvalue weighted by Crippen LogP contribution is -2.51. The standard InChI is InChI=1S/C20H33FN4O2.HI/c1-16-14-25(15-19(27-16)17-6-8-18(21)9-7-17)20(22-2)23-10-5-11-24(3)12-13-26-4;/h6-9,16,19H,5,10-15H2,1-4H3,(H,22,23);1H. The first-order chi connectivity index (χ1) is 13.0. The van der Waals surface area contributed by atoms with Crippen LogP contribution in [0.3, 0.4) is 0 Å². The Kier molecular flexibility index (Phi) is 11.9. The number of benzene rings is 1. The lowest BCUT2D eigenvalue weighted by atomic mass is 10.1. The molecule has 1 heterocycles. The molecule has 1 aliphatic rings. The summed E-state index contributed by atoms with van der Waals surface area (Å²) in [5.74, 6) is 0.657. The molecule has 0 spiro atoms. The Hall–Kier alpha value is -0.970. The van der Waals surface area contributed by atoms with Crippen LogP contribution in [-0.2, 0) is 9.47 Å². The van der Waals surface area contributed by atoms with E-state index >= 15 is 0 Å². The Morgan fingerprint density at radius 3 is 2.68 bits per heavy atom. The Morgan fingerprint density at radius 1 is 1.32 bits per heavy atom. The molecule has 8 heteroatoms. The highest BCUT2D eigenvalue weighted by molar-refractivity contribution is 14.0. The van der Waals surface area contributed by atoms with Crippen molar-refractivity contribution in [1.29, 1.82) is 0 Å². The smallest absolute Gasteiger partial charge is 0.193 e. The van der Waals surface area contributed by atoms with E-state index in [1.54, 1.807) is 26.3 Å². The zero-order valence-electron chi connectivity index (χ0n) is 17.4. The van der Waals surface area contributed by atoms with Crippen molar-refractivity contribution in [3.8, 4) is 0 Å². The van der Waals surface area contributed by atoms with Crippen LogP contribution in [0, 0.1) is 5.82 Å². The van der Waals surface area contributed by atoms with E-state index in [2.05, 4.69) is 34.1 Å². The lowest BCUT2D eigenvalue weighted by molar-refractivity contribution is -0.0605. The predicted molar refractivity (Wildman–Crippen MR) is 122 cm³/mol. The number of hydrogen-bond donors (Lipinski definition) is 1. The van der Waals surface area contributed by atoms with E-state index in [0.29, 0.717) is 6.54 Å². The number of hydrogen-bond acceptors (Lipinski definition) is 4. The molecule has 0 aromatic heterocycles. The van der Waals surface area contributed by atoms with Crippen LogP contribution in [0.25, 0.3) is 0 Å². The summed E-state index contributed by atoms with van der Waals surface area (Å²) in [5.41, 5.74) is 0.989. The Bertz CT molecular complexity index is 588. The summed E-state index contributed by atoms with van der Waals surface area (Å²) in [6, 6.07) is 6.55. The Balaban J connectivity index is 0.00000392. The van der Waals surface area contributed by atoms with E-state index in [9.17, 15) is 4.39 Å². The van der Waals surface area contributed by atoms with Gasteiger partial charge in [-0.15, -0.1) is 24.0 Å². The van der Waals surface area contributed by atoms with Gasteiger partial charge in [0, 0.05) is 33.8 Å². The molecule has 6 nitrogen and oxygen atoms in total. The summed E-state index contributed by atoms with van der Waals surface area (Å²) in [7, 11) is 5.63. The van der Waals surface area contributed by atoms with Crippen LogP contribution in [0.15, 0.2) is 29.3 Å². The quantitative estimate of drug-likeness (QED) is 0.254. The van der Waals surface area contributed by atoms with Crippen LogP contribution < -0.4 is 5.32 Å². The number of halogens is 2. The second-order valence-corrected chi connectivity index (χ2v) is 7.02. The summed E-state index contributed by atoms with van der Waals surface area (Å²) < 4.78 is 24.4. The number of guanidine groups is 1. The van der Waals surface area contributed by atoms with Crippen molar-refractivity contribution < 1.29 is 13.9 Å². The summed E-state index contributed by atoms with van der Waals surface area (Å²) >= 11 is 0. The zero-order valence-corrected chi connectivity index (χ0v) is 19.7. The van der Waals surface area contributed by atoms with Crippen LogP contribution in [0.5, 0.6) is 0 Å². The molecule has 160 valence electrons. The number of nitrogens with one attached hydrogen (secondary N) is 1. The van der Waals surface area contributed by atoms with Crippen LogP contribution in [0.2, 0.25) is 0 Å². The maximum Gasteiger partial charge on any atom is 0.193 e. The third-order valence-corrected chi connectivity index (χ3v) is 4.69. The molecule has 28 heavy (non-hydrogen) atoms. The Labute approximate surface area is 185 Å². The third-order valence-electron chi connectivity index (χ3n) is 4.69. The SMILES string of the molecule is CN=C(NCCCN(C)CCOC)N1CC(C)OC(c2ccc(F)cc2)C1.I. The van der Waals surface area contributed by atoms with Gasteiger partial charge in [0.25, 0.3) is 0 Å². The summed E-state index contributed by atoms with van der Waals surface area (Å²) in [4.78, 5) is 8.92. The van der Waals surface area contributed by atoms with Gasteiger partial charge in [0.1, 0.15) is 11.9 Å². The highest BCUT2D eigenvalue weighted by Crippen LogP contribution is 2.25. The molecular formula is C20H34FIN4O2. The average Bonchev–Trinajstić information content (AvgIpc) is 2.66. The molecule has 0 bridgehead atoms. The van der Waals surface area contributed by atoms with E-state index in [-0.39, 0.29) is 42.0 Å². The molecular weight excluding hydrogens is 474 g/mol. The molecule has 1 N–H and O–H groups in total. The minimum Gasteiger partial charge on any atom is -0.383 e. The second kappa shape index (κ2) is 13.3. The molecule has 2 unspecified atom stereocenters. The highest BCUT2D eigenvalue weighted by atomic mass is 127. The van der Waals surface area contributed by atoms with Crippen molar-refractivity contribution in [2.24, 2.45) is 4.99 Å². The number of methoxy groups -OCH3 is 1. The molecule has 1 aromatic rings. The third kappa shape index (κ3) is 8.18. The van der Waals surface area contributed by atoms with Crippen molar-refractivity contribution in [3.63, 3.8) is 0 Å². The summed E-state index contributed by atoms with van der Waals surface area (Å²) in [6.07, 6.45) is 1.01. The predicted octanol–water partition coefficient (Wildman–Crippen LogP) is 2.75. The number of nitrogens with zero attached hydrogens (tertiary/aromatic N) is 3. The van der Waals surface area contributed by atoms with Gasteiger partial charge in [0.2, 0.25) is 0 Å². The molecule has 2 atom stereocenters. The van der Waals surface area contributed by atoms with Crippen molar-refractivity contribution in [3.05, 3.63) is 35.6 Å². The monoisotopic (exact) mass is 508 g/mol. The lowest BCUT2D eigenvalue weighted by Gasteiger charge is -2.38. The molecule has 1 aromatic carbocycles. The fraction of sp³-hybridized carbons (Fsp3) is 0.650. The first kappa shape index (κ1) is 25.1. The number of morpholine rings is 1. The van der Waals surface area contributed by atoms with Gasteiger partial charge in [-0.05, 0) is 44.6 Å². The van der Waals surface area contributed by atoms with Crippen LogP contribution in [0.4, 0.5) is 4.39 Å². The number of ether oxygens (including phenoxy) is 2. The van der Waals surface area contributed by atoms with Crippen LogP contribution in [-0.4, -0.2) is 82.4 Å². The maximum atomic E-state index is 13.2. The molecule has 0 aliphatic carbocycles. The number of rotatable bonds is 8. The highest BCUT2D eigenvalue weighted by Gasteiger charge is 2.28. The number of aliphatic imine (C=N–C) groups is 1. The summed E-state index contributed by atoms with van der Waals surface area (Å²) in [5, 5.41) is 3.45. The normalized spacial score (nSPS) is 20.2. The molecule has 2 rings (SSSR count). The maximum absolute atomic E-state index is 13.2. The van der Waals surface area contributed by atoms with E-state index in [1.165, 1.54) is 12.1 Å². The van der Waals surface area contributed by atoms with E-state index < -0.39 is 0 Å². The zero-order chi connectivity index (χ0) is 19.6. The first-order valence-corrected chi connectivity index (χ1v) is 9.57. The van der Waals surface area contributed by atoms with Crippen molar-refractivity contribution >= 4 is 29.9 Å². The average molecular weight is 508 g/mol. The van der Waals surface area contributed by atoms with Gasteiger partial charge in [0.05, 0.1) is 19.3 Å². The molecule has 0 saturated carbocycles. The molecule has 1 saturated heterocycles. The topological polar surface area (TPSA) is 49.3 Å². The molecule has 0 radical (unpaired) electrons. The van der Waals surface area contributed by atoms with Crippen molar-refractivity contribution in [2.75, 3.05) is 60.5 Å². The van der Waals surface area contributed by atoms with Gasteiger partial charge in [0.15, 0.2) is 5.96 Å². The summed E-state index contributed by atoms with van der Waals surface area (Å²) in [6.45, 7) is 7.09. The van der Waals surface area contributed by atoms with E-state index in [1.807, 2.05) is 0 Å². The molecule has 1 fully saturated rings. The van der Waals surface area contributed by atoms with Crippen molar-refractivity contribution in [1.82, 2.24) is 15.1 Å². The number of likely N-dealkylation sites (N-methyl/N-ethyl adjacent to an activating group) is 1. The largest absolute Gasteiger partial charge is 0.383 e. The van der Waals surface area contributed by atoms with Crippen LogP contribution in [0.1, 0.15) is 25.0 Å². The van der Waals surface area contributed by atoms with E-state index in [0.717, 1.165) is 50.7 Å².